The van der Waals surface area contributed by atoms with E-state index in [4.69, 9.17) is 9.47 Å². The van der Waals surface area contributed by atoms with Crippen LogP contribution >= 0.6 is 0 Å². The van der Waals surface area contributed by atoms with Crippen molar-refractivity contribution in [1.29, 1.82) is 0 Å². The van der Waals surface area contributed by atoms with E-state index in [-0.39, 0.29) is 6.09 Å². The highest BCUT2D eigenvalue weighted by Gasteiger charge is 2.34. The van der Waals surface area contributed by atoms with Crippen LogP contribution in [0.1, 0.15) is 27.7 Å². The summed E-state index contributed by atoms with van der Waals surface area (Å²) >= 11 is 0. The summed E-state index contributed by atoms with van der Waals surface area (Å²) in [6.07, 6.45) is -0.207. The van der Waals surface area contributed by atoms with Crippen molar-refractivity contribution in [2.75, 3.05) is 45.9 Å². The number of hydrogen-bond acceptors (Lipinski definition) is 5. The Bertz CT molecular complexity index is 345. The fourth-order valence-corrected chi connectivity index (χ4v) is 2.69. The fourth-order valence-electron chi connectivity index (χ4n) is 2.69. The lowest BCUT2D eigenvalue weighted by molar-refractivity contribution is 0.00228. The van der Waals surface area contributed by atoms with E-state index in [9.17, 15) is 4.79 Å². The molecule has 0 aliphatic carbocycles. The van der Waals surface area contributed by atoms with E-state index in [0.29, 0.717) is 12.1 Å². The highest BCUT2D eigenvalue weighted by Crippen LogP contribution is 2.15. The molecule has 1 unspecified atom stereocenters. The smallest absolute Gasteiger partial charge is 0.410 e. The summed E-state index contributed by atoms with van der Waals surface area (Å²) in [5.41, 5.74) is -0.417. The molecule has 0 aromatic carbocycles. The molecule has 0 saturated carbocycles. The van der Waals surface area contributed by atoms with Gasteiger partial charge in [0.2, 0.25) is 0 Å². The van der Waals surface area contributed by atoms with Crippen LogP contribution < -0.4 is 5.32 Å². The Kier molecular flexibility index (Phi) is 5.46. The van der Waals surface area contributed by atoms with Crippen molar-refractivity contribution in [3.05, 3.63) is 0 Å². The van der Waals surface area contributed by atoms with Crippen LogP contribution in [0.2, 0.25) is 0 Å². The van der Waals surface area contributed by atoms with Crippen LogP contribution in [0.15, 0.2) is 0 Å². The Morgan fingerprint density at radius 3 is 2.52 bits per heavy atom. The van der Waals surface area contributed by atoms with Crippen LogP contribution in [0.4, 0.5) is 4.79 Å². The van der Waals surface area contributed by atoms with Gasteiger partial charge in [-0.15, -0.1) is 0 Å². The first-order valence-electron chi connectivity index (χ1n) is 7.87. The number of carbonyl (C=O) groups is 1. The number of nitrogens with zero attached hydrogens (tertiary/aromatic N) is 2. The largest absolute Gasteiger partial charge is 0.444 e. The van der Waals surface area contributed by atoms with E-state index in [2.05, 4.69) is 17.1 Å². The van der Waals surface area contributed by atoms with Crippen LogP contribution in [0, 0.1) is 0 Å². The molecule has 1 N–H and O–H groups in total. The fraction of sp³-hybridized carbons (Fsp3) is 0.933. The quantitative estimate of drug-likeness (QED) is 0.836. The van der Waals surface area contributed by atoms with Gasteiger partial charge in [0.05, 0.1) is 13.2 Å². The van der Waals surface area contributed by atoms with E-state index < -0.39 is 5.60 Å². The third-order valence-electron chi connectivity index (χ3n) is 3.69. The number of likely N-dealkylation sites (tertiary alicyclic amines) is 1. The SMILES string of the molecule is CC(CN1CCOCC1)NC1CN(C(=O)OC(C)(C)C)C1. The average molecular weight is 299 g/mol. The third-order valence-corrected chi connectivity index (χ3v) is 3.69. The molecule has 1 atom stereocenters. The molecule has 1 amide bonds. The Hall–Kier alpha value is -0.850. The molecule has 0 aromatic rings. The van der Waals surface area contributed by atoms with Crippen LogP contribution in [-0.2, 0) is 9.47 Å². The predicted molar refractivity (Wildman–Crippen MR) is 81.5 cm³/mol. The molecule has 6 heteroatoms. The molecule has 2 aliphatic heterocycles. The zero-order valence-electron chi connectivity index (χ0n) is 13.7. The molecule has 122 valence electrons. The van der Waals surface area contributed by atoms with E-state index in [0.717, 1.165) is 45.9 Å². The van der Waals surface area contributed by atoms with Gasteiger partial charge in [-0.1, -0.05) is 0 Å². The van der Waals surface area contributed by atoms with Crippen molar-refractivity contribution in [2.24, 2.45) is 0 Å². The molecule has 21 heavy (non-hydrogen) atoms. The van der Waals surface area contributed by atoms with Crippen LogP contribution in [0.3, 0.4) is 0 Å². The number of amides is 1. The highest BCUT2D eigenvalue weighted by atomic mass is 16.6. The van der Waals surface area contributed by atoms with E-state index in [1.165, 1.54) is 0 Å². The standard InChI is InChI=1S/C15H29N3O3/c1-12(9-17-5-7-20-8-6-17)16-13-10-18(11-13)14(19)21-15(2,3)4/h12-13,16H,5-11H2,1-4H3. The maximum atomic E-state index is 11.8. The molecule has 0 aromatic heterocycles. The third kappa shape index (κ3) is 5.45. The minimum absolute atomic E-state index is 0.207. The lowest BCUT2D eigenvalue weighted by atomic mass is 10.1. The van der Waals surface area contributed by atoms with E-state index >= 15 is 0 Å². The summed E-state index contributed by atoms with van der Waals surface area (Å²) in [5.74, 6) is 0. The van der Waals surface area contributed by atoms with Gasteiger partial charge in [-0.3, -0.25) is 4.90 Å². The Morgan fingerprint density at radius 1 is 1.33 bits per heavy atom. The molecular weight excluding hydrogens is 270 g/mol. The summed E-state index contributed by atoms with van der Waals surface area (Å²) in [7, 11) is 0. The Morgan fingerprint density at radius 2 is 1.95 bits per heavy atom. The molecule has 2 fully saturated rings. The van der Waals surface area contributed by atoms with Crippen molar-refractivity contribution in [2.45, 2.75) is 45.4 Å². The molecule has 2 rings (SSSR count). The lowest BCUT2D eigenvalue weighted by Crippen LogP contribution is -2.63. The zero-order valence-corrected chi connectivity index (χ0v) is 13.7. The summed E-state index contributed by atoms with van der Waals surface area (Å²) in [6, 6.07) is 0.808. The molecule has 0 radical (unpaired) electrons. The maximum absolute atomic E-state index is 11.8. The topological polar surface area (TPSA) is 54.0 Å². The van der Waals surface area contributed by atoms with Crippen molar-refractivity contribution in [3.8, 4) is 0 Å². The summed E-state index contributed by atoms with van der Waals surface area (Å²) in [4.78, 5) is 16.0. The minimum Gasteiger partial charge on any atom is -0.444 e. The van der Waals surface area contributed by atoms with E-state index in [1.54, 1.807) is 4.90 Å². The summed E-state index contributed by atoms with van der Waals surface area (Å²) < 4.78 is 10.7. The summed E-state index contributed by atoms with van der Waals surface area (Å²) in [5, 5.41) is 3.58. The van der Waals surface area contributed by atoms with E-state index in [1.807, 2.05) is 20.8 Å². The molecule has 0 bridgehead atoms. The molecule has 6 nitrogen and oxygen atoms in total. The molecule has 2 heterocycles. The van der Waals surface area contributed by atoms with Gasteiger partial charge in [-0.05, 0) is 27.7 Å². The monoisotopic (exact) mass is 299 g/mol. The van der Waals surface area contributed by atoms with Gasteiger partial charge in [0.25, 0.3) is 0 Å². The van der Waals surface area contributed by atoms with Crippen LogP contribution in [-0.4, -0.2) is 79.5 Å². The Labute approximate surface area is 127 Å². The normalized spacial score (nSPS) is 22.8. The number of carbonyl (C=O) groups excluding carboxylic acids is 1. The predicted octanol–water partition coefficient (Wildman–Crippen LogP) is 0.916. The van der Waals surface area contributed by atoms with Crippen LogP contribution in [0.5, 0.6) is 0 Å². The lowest BCUT2D eigenvalue weighted by Gasteiger charge is -2.42. The maximum Gasteiger partial charge on any atom is 0.410 e. The first-order chi connectivity index (χ1) is 9.83. The van der Waals surface area contributed by atoms with Gasteiger partial charge in [0, 0.05) is 44.8 Å². The van der Waals surface area contributed by atoms with Gasteiger partial charge in [-0.2, -0.15) is 0 Å². The number of morpholine rings is 1. The second-order valence-corrected chi connectivity index (χ2v) is 7.06. The average Bonchev–Trinajstić information content (AvgIpc) is 2.32. The second-order valence-electron chi connectivity index (χ2n) is 7.06. The minimum atomic E-state index is -0.417. The Balaban J connectivity index is 1.62. The van der Waals surface area contributed by atoms with Gasteiger partial charge in [0.1, 0.15) is 5.60 Å². The number of rotatable bonds is 4. The molecule has 2 aliphatic rings. The highest BCUT2D eigenvalue weighted by molar-refractivity contribution is 5.69. The van der Waals surface area contributed by atoms with Crippen molar-refractivity contribution >= 4 is 6.09 Å². The van der Waals surface area contributed by atoms with Gasteiger partial charge >= 0.3 is 6.09 Å². The molecule has 2 saturated heterocycles. The first kappa shape index (κ1) is 16.5. The molecule has 0 spiro atoms. The summed E-state index contributed by atoms with van der Waals surface area (Å²) in [6.45, 7) is 14.1. The zero-order chi connectivity index (χ0) is 15.5. The van der Waals surface area contributed by atoms with Crippen molar-refractivity contribution < 1.29 is 14.3 Å². The van der Waals surface area contributed by atoms with Gasteiger partial charge in [-0.25, -0.2) is 4.79 Å². The number of hydrogen-bond donors (Lipinski definition) is 1. The number of nitrogens with one attached hydrogen (secondary N) is 1. The van der Waals surface area contributed by atoms with Gasteiger partial charge < -0.3 is 19.7 Å². The molecular formula is C15H29N3O3. The second kappa shape index (κ2) is 6.94. The van der Waals surface area contributed by atoms with Crippen LogP contribution in [0.25, 0.3) is 0 Å². The number of ether oxygens (including phenoxy) is 2. The first-order valence-corrected chi connectivity index (χ1v) is 7.87. The van der Waals surface area contributed by atoms with Crippen molar-refractivity contribution in [3.63, 3.8) is 0 Å². The van der Waals surface area contributed by atoms with Gasteiger partial charge in [0.15, 0.2) is 0 Å². The van der Waals surface area contributed by atoms with Crippen molar-refractivity contribution in [1.82, 2.24) is 15.1 Å².